The first-order valence-corrected chi connectivity index (χ1v) is 6.61. The molecule has 1 amide bonds. The molecule has 1 atom stereocenters. The van der Waals surface area contributed by atoms with Crippen LogP contribution in [0.25, 0.3) is 0 Å². The molecule has 0 aliphatic heterocycles. The molecule has 21 heavy (non-hydrogen) atoms. The molecule has 0 saturated carbocycles. The van der Waals surface area contributed by atoms with Gasteiger partial charge in [0.1, 0.15) is 0 Å². The molecule has 1 aromatic carbocycles. The normalized spacial score (nSPS) is 13.0. The molecular formula is C13H16ClF3N2O2. The molecule has 118 valence electrons. The van der Waals surface area contributed by atoms with E-state index >= 15 is 0 Å². The molecule has 0 saturated heterocycles. The maximum Gasteiger partial charge on any atom is 0.414 e. The van der Waals surface area contributed by atoms with Gasteiger partial charge in [0.05, 0.1) is 10.7 Å². The highest BCUT2D eigenvalue weighted by Crippen LogP contribution is 2.24. The van der Waals surface area contributed by atoms with Crippen molar-refractivity contribution in [2.45, 2.75) is 32.0 Å². The summed E-state index contributed by atoms with van der Waals surface area (Å²) < 4.78 is 41.1. The molecule has 0 bridgehead atoms. The fourth-order valence-corrected chi connectivity index (χ4v) is 1.67. The van der Waals surface area contributed by atoms with E-state index in [0.29, 0.717) is 16.4 Å². The van der Waals surface area contributed by atoms with Crippen molar-refractivity contribution in [2.75, 3.05) is 17.7 Å². The van der Waals surface area contributed by atoms with Crippen LogP contribution in [0.15, 0.2) is 18.2 Å². The summed E-state index contributed by atoms with van der Waals surface area (Å²) in [5.41, 5.74) is 6.38. The molecule has 8 heteroatoms. The van der Waals surface area contributed by atoms with Gasteiger partial charge in [0.25, 0.3) is 0 Å². The fraction of sp³-hybridized carbons (Fsp3) is 0.462. The van der Waals surface area contributed by atoms with E-state index < -0.39 is 12.3 Å². The van der Waals surface area contributed by atoms with Gasteiger partial charge >= 0.3 is 6.18 Å². The number of ether oxygens (including phenoxy) is 1. The van der Waals surface area contributed by atoms with E-state index in [1.54, 1.807) is 12.1 Å². The molecule has 1 unspecified atom stereocenters. The van der Waals surface area contributed by atoms with Crippen LogP contribution in [0.1, 0.15) is 19.8 Å². The number of benzene rings is 1. The molecule has 1 aromatic rings. The number of hydrogen-bond donors (Lipinski definition) is 2. The summed E-state index contributed by atoms with van der Waals surface area (Å²) in [5, 5.41) is 2.85. The van der Waals surface area contributed by atoms with Crippen LogP contribution in [0.5, 0.6) is 0 Å². The predicted molar refractivity (Wildman–Crippen MR) is 75.2 cm³/mol. The van der Waals surface area contributed by atoms with Gasteiger partial charge in [-0.2, -0.15) is 13.2 Å². The molecule has 0 radical (unpaired) electrons. The van der Waals surface area contributed by atoms with Crippen molar-refractivity contribution in [3.05, 3.63) is 23.2 Å². The van der Waals surface area contributed by atoms with E-state index in [0.717, 1.165) is 6.92 Å². The maximum absolute atomic E-state index is 12.2. The Bertz CT molecular complexity index is 495. The second kappa shape index (κ2) is 7.51. The lowest BCUT2D eigenvalue weighted by molar-refractivity contribution is -0.214. The lowest BCUT2D eigenvalue weighted by atomic mass is 10.2. The molecular weight excluding hydrogens is 309 g/mol. The monoisotopic (exact) mass is 324 g/mol. The third-order valence-electron chi connectivity index (χ3n) is 2.64. The first kappa shape index (κ1) is 17.6. The lowest BCUT2D eigenvalue weighted by Gasteiger charge is -2.16. The van der Waals surface area contributed by atoms with Gasteiger partial charge in [-0.3, -0.25) is 4.79 Å². The quantitative estimate of drug-likeness (QED) is 0.620. The smallest absolute Gasteiger partial charge is 0.399 e. The van der Waals surface area contributed by atoms with Crippen molar-refractivity contribution >= 4 is 28.9 Å². The van der Waals surface area contributed by atoms with Crippen LogP contribution in [-0.4, -0.2) is 24.8 Å². The van der Waals surface area contributed by atoms with Gasteiger partial charge in [0.2, 0.25) is 5.91 Å². The van der Waals surface area contributed by atoms with Crippen molar-refractivity contribution in [2.24, 2.45) is 0 Å². The van der Waals surface area contributed by atoms with Crippen molar-refractivity contribution in [1.82, 2.24) is 0 Å². The number of amides is 1. The summed E-state index contributed by atoms with van der Waals surface area (Å²) in [6, 6.07) is 4.62. The number of rotatable bonds is 6. The SMILES string of the molecule is CC(OCCCC(=O)Nc1ccc(N)cc1Cl)C(F)(F)F. The zero-order valence-electron chi connectivity index (χ0n) is 11.3. The van der Waals surface area contributed by atoms with Crippen molar-refractivity contribution in [3.63, 3.8) is 0 Å². The van der Waals surface area contributed by atoms with Gasteiger partial charge in [0, 0.05) is 18.7 Å². The summed E-state index contributed by atoms with van der Waals surface area (Å²) in [4.78, 5) is 11.6. The highest BCUT2D eigenvalue weighted by atomic mass is 35.5. The van der Waals surface area contributed by atoms with E-state index in [9.17, 15) is 18.0 Å². The highest BCUT2D eigenvalue weighted by molar-refractivity contribution is 6.34. The Hall–Kier alpha value is -1.47. The number of hydrogen-bond acceptors (Lipinski definition) is 3. The van der Waals surface area contributed by atoms with E-state index in [1.165, 1.54) is 6.07 Å². The topological polar surface area (TPSA) is 64.3 Å². The van der Waals surface area contributed by atoms with Gasteiger partial charge in [-0.25, -0.2) is 0 Å². The molecule has 0 spiro atoms. The third-order valence-corrected chi connectivity index (χ3v) is 2.96. The van der Waals surface area contributed by atoms with E-state index in [1.807, 2.05) is 0 Å². The number of alkyl halides is 3. The lowest BCUT2D eigenvalue weighted by Crippen LogP contribution is -2.29. The Labute approximate surface area is 125 Å². The van der Waals surface area contributed by atoms with Crippen LogP contribution in [-0.2, 0) is 9.53 Å². The largest absolute Gasteiger partial charge is 0.414 e. The van der Waals surface area contributed by atoms with E-state index in [2.05, 4.69) is 10.1 Å². The molecule has 0 fully saturated rings. The minimum absolute atomic E-state index is 0.0330. The van der Waals surface area contributed by atoms with Gasteiger partial charge < -0.3 is 15.8 Å². The predicted octanol–water partition coefficient (Wildman–Crippen LogP) is 3.61. The number of nitrogens with one attached hydrogen (secondary N) is 1. The zero-order chi connectivity index (χ0) is 16.0. The second-order valence-electron chi connectivity index (χ2n) is 4.45. The standard InChI is InChI=1S/C13H16ClF3N2O2/c1-8(13(15,16)17)21-6-2-3-12(20)19-11-5-4-9(18)7-10(11)14/h4-5,7-8H,2-3,6,18H2,1H3,(H,19,20). The van der Waals surface area contributed by atoms with E-state index in [-0.39, 0.29) is 25.4 Å². The van der Waals surface area contributed by atoms with Crippen LogP contribution in [0, 0.1) is 0 Å². The average Bonchev–Trinajstić information content (AvgIpc) is 2.36. The summed E-state index contributed by atoms with van der Waals surface area (Å²) in [5.74, 6) is -0.357. The Morgan fingerprint density at radius 2 is 2.14 bits per heavy atom. The van der Waals surface area contributed by atoms with Gasteiger partial charge in [-0.05, 0) is 31.5 Å². The minimum atomic E-state index is -4.39. The number of nitrogens with two attached hydrogens (primary N) is 1. The second-order valence-corrected chi connectivity index (χ2v) is 4.85. The average molecular weight is 325 g/mol. The third kappa shape index (κ3) is 6.22. The number of carbonyl (C=O) groups excluding carboxylic acids is 1. The van der Waals surface area contributed by atoms with Crippen molar-refractivity contribution < 1.29 is 22.7 Å². The first-order chi connectivity index (χ1) is 9.70. The molecule has 4 nitrogen and oxygen atoms in total. The number of carbonyl (C=O) groups is 1. The van der Waals surface area contributed by atoms with Crippen molar-refractivity contribution in [3.8, 4) is 0 Å². The number of halogens is 4. The Balaban J connectivity index is 2.32. The highest BCUT2D eigenvalue weighted by Gasteiger charge is 2.36. The van der Waals surface area contributed by atoms with Crippen LogP contribution < -0.4 is 11.1 Å². The van der Waals surface area contributed by atoms with Crippen molar-refractivity contribution in [1.29, 1.82) is 0 Å². The number of nitrogen functional groups attached to an aromatic ring is 1. The summed E-state index contributed by atoms with van der Waals surface area (Å²) in [6.45, 7) is 0.776. The van der Waals surface area contributed by atoms with Gasteiger partial charge in [-0.1, -0.05) is 11.6 Å². The molecule has 0 heterocycles. The van der Waals surface area contributed by atoms with E-state index in [4.69, 9.17) is 17.3 Å². The maximum atomic E-state index is 12.2. The van der Waals surface area contributed by atoms with Gasteiger partial charge in [0.15, 0.2) is 6.10 Å². The minimum Gasteiger partial charge on any atom is -0.399 e. The van der Waals surface area contributed by atoms with Gasteiger partial charge in [-0.15, -0.1) is 0 Å². The van der Waals surface area contributed by atoms with Crippen LogP contribution in [0.4, 0.5) is 24.5 Å². The van der Waals surface area contributed by atoms with Crippen LogP contribution >= 0.6 is 11.6 Å². The molecule has 3 N–H and O–H groups in total. The van der Waals surface area contributed by atoms with Crippen LogP contribution in [0.3, 0.4) is 0 Å². The summed E-state index contributed by atoms with van der Waals surface area (Å²) in [6.07, 6.45) is -6.02. The molecule has 1 rings (SSSR count). The summed E-state index contributed by atoms with van der Waals surface area (Å²) in [7, 11) is 0. The zero-order valence-corrected chi connectivity index (χ0v) is 12.1. The molecule has 0 aliphatic rings. The molecule has 0 aromatic heterocycles. The first-order valence-electron chi connectivity index (χ1n) is 6.23. The summed E-state index contributed by atoms with van der Waals surface area (Å²) >= 11 is 5.88. The molecule has 0 aliphatic carbocycles. The Kier molecular flexibility index (Phi) is 6.29. The van der Waals surface area contributed by atoms with Crippen LogP contribution in [0.2, 0.25) is 5.02 Å². The Morgan fingerprint density at radius 1 is 1.48 bits per heavy atom. The Morgan fingerprint density at radius 3 is 2.71 bits per heavy atom. The number of anilines is 2. The fourth-order valence-electron chi connectivity index (χ4n) is 1.43.